The van der Waals surface area contributed by atoms with E-state index in [9.17, 15) is 28.3 Å². The normalized spacial score (nSPS) is 20.4. The smallest absolute Gasteiger partial charge is 0.254 e. The van der Waals surface area contributed by atoms with Crippen molar-refractivity contribution in [1.82, 2.24) is 16.0 Å². The molecule has 3 rings (SSSR count). The first-order valence-electron chi connectivity index (χ1n) is 10.3. The van der Waals surface area contributed by atoms with Crippen molar-refractivity contribution in [3.05, 3.63) is 71.3 Å². The third kappa shape index (κ3) is 5.88. The van der Waals surface area contributed by atoms with Gasteiger partial charge in [-0.15, -0.1) is 0 Å². The average molecular weight is 445 g/mol. The monoisotopic (exact) mass is 445 g/mol. The Hall–Kier alpha value is -3.33. The van der Waals surface area contributed by atoms with Crippen LogP contribution in [0.25, 0.3) is 0 Å². The Labute approximate surface area is 184 Å². The molecule has 4 atom stereocenters. The van der Waals surface area contributed by atoms with Crippen molar-refractivity contribution in [3.63, 3.8) is 0 Å². The molecular formula is C23H25F2N3O4. The van der Waals surface area contributed by atoms with Crippen LogP contribution >= 0.6 is 0 Å². The molecule has 4 N–H and O–H groups in total. The van der Waals surface area contributed by atoms with Gasteiger partial charge >= 0.3 is 0 Å². The van der Waals surface area contributed by atoms with Crippen molar-refractivity contribution in [2.24, 2.45) is 0 Å². The molecule has 9 heteroatoms. The van der Waals surface area contributed by atoms with E-state index in [1.165, 1.54) is 6.92 Å². The fraction of sp³-hybridized carbons (Fsp3) is 0.348. The van der Waals surface area contributed by atoms with Crippen LogP contribution < -0.4 is 16.0 Å². The Kier molecular flexibility index (Phi) is 7.53. The molecule has 0 radical (unpaired) electrons. The van der Waals surface area contributed by atoms with Gasteiger partial charge in [0.25, 0.3) is 5.91 Å². The second kappa shape index (κ2) is 10.3. The molecule has 0 aliphatic carbocycles. The van der Waals surface area contributed by atoms with Crippen LogP contribution in [0.5, 0.6) is 0 Å². The van der Waals surface area contributed by atoms with Gasteiger partial charge in [-0.25, -0.2) is 8.78 Å². The molecule has 0 bridgehead atoms. The first-order valence-corrected chi connectivity index (χ1v) is 10.3. The van der Waals surface area contributed by atoms with E-state index < -0.39 is 41.6 Å². The molecular weight excluding hydrogens is 420 g/mol. The van der Waals surface area contributed by atoms with Gasteiger partial charge in [-0.2, -0.15) is 0 Å². The molecule has 1 heterocycles. The highest BCUT2D eigenvalue weighted by Gasteiger charge is 2.29. The molecule has 0 unspecified atom stereocenters. The Balaban J connectivity index is 1.56. The lowest BCUT2D eigenvalue weighted by atomic mass is 9.94. The van der Waals surface area contributed by atoms with Crippen LogP contribution in [0.3, 0.4) is 0 Å². The summed E-state index contributed by atoms with van der Waals surface area (Å²) in [7, 11) is 0. The first-order chi connectivity index (χ1) is 15.2. The summed E-state index contributed by atoms with van der Waals surface area (Å²) in [6.45, 7) is 1.84. The minimum Gasteiger partial charge on any atom is -0.378 e. The number of amides is 3. The topological polar surface area (TPSA) is 108 Å². The summed E-state index contributed by atoms with van der Waals surface area (Å²) in [6.07, 6.45) is -0.760. The van der Waals surface area contributed by atoms with Gasteiger partial charge in [0.15, 0.2) is 6.10 Å². The van der Waals surface area contributed by atoms with Crippen LogP contribution in [-0.4, -0.2) is 41.5 Å². The standard InChI is InChI=1S/C23H25F2N3O4/c1-13(27-23(32)20(29)16-9-17(24)11-18(25)10-16)21(30)28-19-8-7-15(12-26-22(19)31)14-5-3-2-4-6-14/h2-6,9-11,13,15,19-20,29H,7-8,12H2,1H3,(H,26,31)(H,27,32)(H,28,30)/t13-,15+,19-,20+/m0/s1. The number of nitrogens with one attached hydrogen (secondary N) is 3. The second-order valence-corrected chi connectivity index (χ2v) is 7.83. The Morgan fingerprint density at radius 1 is 1.06 bits per heavy atom. The van der Waals surface area contributed by atoms with Crippen LogP contribution in [0.1, 0.15) is 42.9 Å². The van der Waals surface area contributed by atoms with Gasteiger partial charge < -0.3 is 21.1 Å². The highest BCUT2D eigenvalue weighted by Crippen LogP contribution is 2.23. The molecule has 32 heavy (non-hydrogen) atoms. The molecule has 170 valence electrons. The molecule has 0 aromatic heterocycles. The minimum atomic E-state index is -1.86. The molecule has 7 nitrogen and oxygen atoms in total. The van der Waals surface area contributed by atoms with Crippen molar-refractivity contribution < 1.29 is 28.3 Å². The molecule has 1 aliphatic rings. The fourth-order valence-corrected chi connectivity index (χ4v) is 3.63. The van der Waals surface area contributed by atoms with Gasteiger partial charge in [0.05, 0.1) is 0 Å². The third-order valence-electron chi connectivity index (χ3n) is 5.43. The quantitative estimate of drug-likeness (QED) is 0.543. The SMILES string of the molecule is C[C@H](NC(=O)[C@H](O)c1cc(F)cc(F)c1)C(=O)N[C@H]1CC[C@@H](c2ccccc2)CNC1=O. The second-order valence-electron chi connectivity index (χ2n) is 7.83. The molecule has 1 saturated heterocycles. The molecule has 0 saturated carbocycles. The lowest BCUT2D eigenvalue weighted by Crippen LogP contribution is -2.52. The largest absolute Gasteiger partial charge is 0.378 e. The number of aliphatic hydroxyl groups is 1. The van der Waals surface area contributed by atoms with E-state index in [-0.39, 0.29) is 17.4 Å². The van der Waals surface area contributed by atoms with Crippen LogP contribution in [0.2, 0.25) is 0 Å². The number of aliphatic hydroxyl groups excluding tert-OH is 1. The van der Waals surface area contributed by atoms with Crippen molar-refractivity contribution in [3.8, 4) is 0 Å². The number of halogens is 2. The zero-order chi connectivity index (χ0) is 23.3. The fourth-order valence-electron chi connectivity index (χ4n) is 3.63. The van der Waals surface area contributed by atoms with Crippen LogP contribution in [-0.2, 0) is 14.4 Å². The van der Waals surface area contributed by atoms with E-state index in [0.717, 1.165) is 17.7 Å². The lowest BCUT2D eigenvalue weighted by Gasteiger charge is -2.20. The van der Waals surface area contributed by atoms with Gasteiger partial charge in [-0.05, 0) is 43.0 Å². The van der Waals surface area contributed by atoms with Gasteiger partial charge in [-0.1, -0.05) is 30.3 Å². The summed E-state index contributed by atoms with van der Waals surface area (Å²) in [5.74, 6) is -3.68. The summed E-state index contributed by atoms with van der Waals surface area (Å²) >= 11 is 0. The maximum atomic E-state index is 13.3. The molecule has 1 fully saturated rings. The lowest BCUT2D eigenvalue weighted by molar-refractivity contribution is -0.135. The summed E-state index contributed by atoms with van der Waals surface area (Å²) in [5.41, 5.74) is 0.825. The highest BCUT2D eigenvalue weighted by atomic mass is 19.1. The van der Waals surface area contributed by atoms with Crippen molar-refractivity contribution >= 4 is 17.7 Å². The number of hydrogen-bond acceptors (Lipinski definition) is 4. The summed E-state index contributed by atoms with van der Waals surface area (Å²) in [4.78, 5) is 37.1. The van der Waals surface area contributed by atoms with Gasteiger partial charge in [0, 0.05) is 18.5 Å². The third-order valence-corrected chi connectivity index (χ3v) is 5.43. The Morgan fingerprint density at radius 3 is 2.38 bits per heavy atom. The summed E-state index contributed by atoms with van der Waals surface area (Å²) in [5, 5.41) is 17.8. The molecule has 0 spiro atoms. The van der Waals surface area contributed by atoms with Gasteiger partial charge in [0.2, 0.25) is 11.8 Å². The predicted octanol–water partition coefficient (Wildman–Crippen LogP) is 1.68. The van der Waals surface area contributed by atoms with Crippen LogP contribution in [0, 0.1) is 11.6 Å². The number of carbonyl (C=O) groups is 3. The number of hydrogen-bond donors (Lipinski definition) is 4. The van der Waals surface area contributed by atoms with Crippen molar-refractivity contribution in [2.75, 3.05) is 6.54 Å². The van der Waals surface area contributed by atoms with Crippen molar-refractivity contribution in [2.45, 2.75) is 43.9 Å². The van der Waals surface area contributed by atoms with Crippen LogP contribution in [0.4, 0.5) is 8.78 Å². The summed E-state index contributed by atoms with van der Waals surface area (Å²) < 4.78 is 26.6. The minimum absolute atomic E-state index is 0.126. The van der Waals surface area contributed by atoms with E-state index in [1.54, 1.807) is 0 Å². The maximum Gasteiger partial charge on any atom is 0.254 e. The number of carbonyl (C=O) groups excluding carboxylic acids is 3. The van der Waals surface area contributed by atoms with Gasteiger partial charge in [-0.3, -0.25) is 14.4 Å². The van der Waals surface area contributed by atoms with Gasteiger partial charge in [0.1, 0.15) is 23.7 Å². The van der Waals surface area contributed by atoms with E-state index in [4.69, 9.17) is 0 Å². The number of rotatable bonds is 6. The average Bonchev–Trinajstić information content (AvgIpc) is 2.94. The zero-order valence-electron chi connectivity index (χ0n) is 17.5. The van der Waals surface area contributed by atoms with E-state index >= 15 is 0 Å². The zero-order valence-corrected chi connectivity index (χ0v) is 17.5. The number of benzene rings is 2. The highest BCUT2D eigenvalue weighted by molar-refractivity contribution is 5.92. The van der Waals surface area contributed by atoms with E-state index in [2.05, 4.69) is 16.0 Å². The Morgan fingerprint density at radius 2 is 1.72 bits per heavy atom. The van der Waals surface area contributed by atoms with E-state index in [0.29, 0.717) is 25.5 Å². The van der Waals surface area contributed by atoms with E-state index in [1.807, 2.05) is 30.3 Å². The maximum absolute atomic E-state index is 13.3. The first kappa shape index (κ1) is 23.3. The molecule has 2 aromatic rings. The summed E-state index contributed by atoms with van der Waals surface area (Å²) in [6, 6.07) is 10.2. The van der Waals surface area contributed by atoms with Crippen LogP contribution in [0.15, 0.2) is 48.5 Å². The molecule has 2 aromatic carbocycles. The van der Waals surface area contributed by atoms with Crippen molar-refractivity contribution in [1.29, 1.82) is 0 Å². The molecule has 1 aliphatic heterocycles. The Bertz CT molecular complexity index is 966. The molecule has 3 amide bonds. The predicted molar refractivity (Wildman–Crippen MR) is 112 cm³/mol.